The molecule has 0 saturated carbocycles. The Hall–Kier alpha value is -0.990. The maximum Gasteiger partial charge on any atom is 0.573 e. The van der Waals surface area contributed by atoms with E-state index in [4.69, 9.17) is 11.6 Å². The second-order valence-corrected chi connectivity index (χ2v) is 6.50. The number of alkyl halides is 4. The van der Waals surface area contributed by atoms with E-state index in [0.717, 1.165) is 6.07 Å². The molecule has 1 aromatic carbocycles. The Morgan fingerprint density at radius 2 is 1.86 bits per heavy atom. The molecule has 0 amide bonds. The van der Waals surface area contributed by atoms with Gasteiger partial charge in [0, 0.05) is 18.0 Å². The van der Waals surface area contributed by atoms with Gasteiger partial charge in [0.15, 0.2) is 0 Å². The van der Waals surface area contributed by atoms with Crippen molar-refractivity contribution < 1.29 is 26.3 Å². The second kappa shape index (κ2) is 7.86. The summed E-state index contributed by atoms with van der Waals surface area (Å²) in [6.45, 7) is -0.268. The number of hydrogen-bond acceptors (Lipinski definition) is 3. The van der Waals surface area contributed by atoms with Gasteiger partial charge in [-0.3, -0.25) is 0 Å². The molecule has 0 aromatic heterocycles. The fourth-order valence-corrected chi connectivity index (χ4v) is 2.81. The lowest BCUT2D eigenvalue weighted by Crippen LogP contribution is -2.27. The van der Waals surface area contributed by atoms with Gasteiger partial charge in [-0.25, -0.2) is 13.1 Å². The topological polar surface area (TPSA) is 55.4 Å². The maximum absolute atomic E-state index is 12.2. The van der Waals surface area contributed by atoms with E-state index in [1.807, 2.05) is 0 Å². The van der Waals surface area contributed by atoms with Crippen molar-refractivity contribution in [2.45, 2.75) is 25.7 Å². The van der Waals surface area contributed by atoms with E-state index in [0.29, 0.717) is 18.7 Å². The predicted molar refractivity (Wildman–Crippen MR) is 73.7 cm³/mol. The molecular weight excluding hydrogens is 331 g/mol. The molecule has 0 saturated heterocycles. The van der Waals surface area contributed by atoms with Gasteiger partial charge in [0.05, 0.1) is 5.75 Å². The van der Waals surface area contributed by atoms with Gasteiger partial charge in [-0.1, -0.05) is 18.2 Å². The maximum atomic E-state index is 12.2. The Morgan fingerprint density at radius 1 is 1.19 bits per heavy atom. The fourth-order valence-electron chi connectivity index (χ4n) is 1.52. The number of nitrogens with one attached hydrogen (secondary N) is 1. The summed E-state index contributed by atoms with van der Waals surface area (Å²) in [4.78, 5) is 0. The van der Waals surface area contributed by atoms with Gasteiger partial charge < -0.3 is 4.74 Å². The normalized spacial score (nSPS) is 12.4. The van der Waals surface area contributed by atoms with E-state index in [2.05, 4.69) is 9.46 Å². The highest BCUT2D eigenvalue weighted by atomic mass is 35.5. The summed E-state index contributed by atoms with van der Waals surface area (Å²) in [5.74, 6) is -0.187. The molecule has 120 valence electrons. The lowest BCUT2D eigenvalue weighted by Gasteiger charge is -2.13. The van der Waals surface area contributed by atoms with Crippen LogP contribution < -0.4 is 9.46 Å². The van der Waals surface area contributed by atoms with Crippen molar-refractivity contribution >= 4 is 21.6 Å². The first-order chi connectivity index (χ1) is 9.73. The molecule has 1 rings (SSSR count). The van der Waals surface area contributed by atoms with Crippen molar-refractivity contribution in [3.63, 3.8) is 0 Å². The number of sulfonamides is 1. The number of halogens is 4. The van der Waals surface area contributed by atoms with Crippen molar-refractivity contribution in [3.05, 3.63) is 29.8 Å². The summed E-state index contributed by atoms with van der Waals surface area (Å²) in [6, 6.07) is 5.37. The molecule has 21 heavy (non-hydrogen) atoms. The number of hydrogen-bond donors (Lipinski definition) is 1. The molecule has 9 heteroatoms. The van der Waals surface area contributed by atoms with Crippen LogP contribution in [0.25, 0.3) is 0 Å². The molecule has 4 nitrogen and oxygen atoms in total. The monoisotopic (exact) mass is 345 g/mol. The van der Waals surface area contributed by atoms with Crippen LogP contribution >= 0.6 is 11.6 Å². The zero-order valence-electron chi connectivity index (χ0n) is 11.0. The van der Waals surface area contributed by atoms with Gasteiger partial charge in [-0.15, -0.1) is 24.8 Å². The molecule has 0 aliphatic rings. The zero-order chi connectivity index (χ0) is 15.9. The van der Waals surface area contributed by atoms with Crippen LogP contribution in [0.1, 0.15) is 18.4 Å². The van der Waals surface area contributed by atoms with Crippen LogP contribution in [0.2, 0.25) is 0 Å². The second-order valence-electron chi connectivity index (χ2n) is 4.19. The molecule has 0 atom stereocenters. The highest BCUT2D eigenvalue weighted by Crippen LogP contribution is 2.26. The van der Waals surface area contributed by atoms with Crippen molar-refractivity contribution in [1.29, 1.82) is 0 Å². The highest BCUT2D eigenvalue weighted by molar-refractivity contribution is 7.89. The SMILES string of the molecule is O=S(=O)(CCCCCl)NCc1ccccc1OC(F)(F)F. The Morgan fingerprint density at radius 3 is 2.48 bits per heavy atom. The summed E-state index contributed by atoms with van der Waals surface area (Å²) in [7, 11) is -3.56. The van der Waals surface area contributed by atoms with Crippen LogP contribution in [-0.2, 0) is 16.6 Å². The van der Waals surface area contributed by atoms with Gasteiger partial charge in [0.2, 0.25) is 10.0 Å². The molecule has 1 N–H and O–H groups in total. The first-order valence-corrected chi connectivity index (χ1v) is 8.29. The standard InChI is InChI=1S/C12H15ClF3NO3S/c13-7-3-4-8-21(18,19)17-9-10-5-1-2-6-11(10)20-12(14,15)16/h1-2,5-6,17H,3-4,7-9H2. The average molecular weight is 346 g/mol. The molecule has 0 heterocycles. The lowest BCUT2D eigenvalue weighted by atomic mass is 10.2. The minimum atomic E-state index is -4.82. The van der Waals surface area contributed by atoms with Crippen LogP contribution in [-0.4, -0.2) is 26.4 Å². The molecule has 0 radical (unpaired) electrons. The molecule has 0 bridgehead atoms. The number of unbranched alkanes of at least 4 members (excludes halogenated alkanes) is 1. The lowest BCUT2D eigenvalue weighted by molar-refractivity contribution is -0.274. The van der Waals surface area contributed by atoms with E-state index in [1.165, 1.54) is 18.2 Å². The Kier molecular flexibility index (Phi) is 6.76. The van der Waals surface area contributed by atoms with Crippen LogP contribution in [0.5, 0.6) is 5.75 Å². The van der Waals surface area contributed by atoms with Crippen molar-refractivity contribution in [3.8, 4) is 5.75 Å². The summed E-state index contributed by atoms with van der Waals surface area (Å²) in [5, 5.41) is 0. The third kappa shape index (κ3) is 7.54. The molecule has 0 fully saturated rings. The molecule has 1 aromatic rings. The third-order valence-electron chi connectivity index (χ3n) is 2.48. The molecular formula is C12H15ClF3NO3S. The minimum absolute atomic E-state index is 0.107. The van der Waals surface area contributed by atoms with E-state index in [1.54, 1.807) is 0 Å². The fraction of sp³-hybridized carbons (Fsp3) is 0.500. The van der Waals surface area contributed by atoms with Crippen molar-refractivity contribution in [1.82, 2.24) is 4.72 Å². The number of para-hydroxylation sites is 1. The van der Waals surface area contributed by atoms with Gasteiger partial charge in [-0.2, -0.15) is 0 Å². The van der Waals surface area contributed by atoms with Gasteiger partial charge >= 0.3 is 6.36 Å². The summed E-state index contributed by atoms with van der Waals surface area (Å²) in [5.41, 5.74) is 0.107. The molecule has 0 aliphatic heterocycles. The Labute approximate surface area is 126 Å². The van der Waals surface area contributed by atoms with Crippen molar-refractivity contribution in [2.75, 3.05) is 11.6 Å². The average Bonchev–Trinajstić information content (AvgIpc) is 2.36. The largest absolute Gasteiger partial charge is 0.573 e. The smallest absolute Gasteiger partial charge is 0.405 e. The summed E-state index contributed by atoms with van der Waals surface area (Å²) in [6.07, 6.45) is -3.88. The van der Waals surface area contributed by atoms with E-state index < -0.39 is 22.1 Å². The van der Waals surface area contributed by atoms with Crippen LogP contribution in [0.3, 0.4) is 0 Å². The first-order valence-electron chi connectivity index (χ1n) is 6.10. The van der Waals surface area contributed by atoms with E-state index in [9.17, 15) is 21.6 Å². The Bertz CT molecular complexity index is 549. The van der Waals surface area contributed by atoms with E-state index in [-0.39, 0.29) is 17.9 Å². The molecule has 0 unspecified atom stereocenters. The van der Waals surface area contributed by atoms with Crippen molar-refractivity contribution in [2.24, 2.45) is 0 Å². The van der Waals surface area contributed by atoms with Gasteiger partial charge in [0.25, 0.3) is 0 Å². The van der Waals surface area contributed by atoms with Gasteiger partial charge in [-0.05, 0) is 18.9 Å². The molecule has 0 spiro atoms. The third-order valence-corrected chi connectivity index (χ3v) is 4.16. The summed E-state index contributed by atoms with van der Waals surface area (Å²) < 4.78 is 66.1. The number of benzene rings is 1. The molecule has 0 aliphatic carbocycles. The summed E-state index contributed by atoms with van der Waals surface area (Å²) >= 11 is 5.45. The van der Waals surface area contributed by atoms with Gasteiger partial charge in [0.1, 0.15) is 5.75 Å². The zero-order valence-corrected chi connectivity index (χ0v) is 12.6. The first kappa shape index (κ1) is 18.1. The van der Waals surface area contributed by atoms with E-state index >= 15 is 0 Å². The van der Waals surface area contributed by atoms with Crippen LogP contribution in [0.15, 0.2) is 24.3 Å². The number of rotatable bonds is 8. The highest BCUT2D eigenvalue weighted by Gasteiger charge is 2.32. The number of ether oxygens (including phenoxy) is 1. The van der Waals surface area contributed by atoms with Crippen LogP contribution in [0.4, 0.5) is 13.2 Å². The Balaban J connectivity index is 2.67. The van der Waals surface area contributed by atoms with Crippen LogP contribution in [0, 0.1) is 0 Å². The predicted octanol–water partition coefficient (Wildman–Crippen LogP) is 3.02. The minimum Gasteiger partial charge on any atom is -0.405 e. The quantitative estimate of drug-likeness (QED) is 0.582.